The second-order valence-electron chi connectivity index (χ2n) is 6.57. The molecule has 0 bridgehead atoms. The van der Waals surface area contributed by atoms with E-state index in [1.54, 1.807) is 18.2 Å². The molecule has 0 radical (unpaired) electrons. The van der Waals surface area contributed by atoms with Crippen molar-refractivity contribution in [2.75, 3.05) is 26.4 Å². The number of nitrogens with one attached hydrogen (secondary N) is 2. The van der Waals surface area contributed by atoms with Crippen LogP contribution < -0.4 is 19.5 Å². The minimum atomic E-state index is -3.71. The van der Waals surface area contributed by atoms with Crippen LogP contribution >= 0.6 is 12.4 Å². The van der Waals surface area contributed by atoms with Gasteiger partial charge in [0.2, 0.25) is 22.7 Å². The van der Waals surface area contributed by atoms with E-state index in [1.165, 1.54) is 12.3 Å². The van der Waals surface area contributed by atoms with Gasteiger partial charge in [0.25, 0.3) is 0 Å². The van der Waals surface area contributed by atoms with E-state index in [9.17, 15) is 13.5 Å². The summed E-state index contributed by atoms with van der Waals surface area (Å²) < 4.78 is 38.6. The summed E-state index contributed by atoms with van der Waals surface area (Å²) in [7, 11) is -3.71. The molecule has 3 N–H and O–H groups in total. The third-order valence-corrected chi connectivity index (χ3v) is 6.18. The number of halogens is 1. The van der Waals surface area contributed by atoms with Crippen LogP contribution in [0.5, 0.6) is 17.4 Å². The van der Waals surface area contributed by atoms with E-state index in [1.807, 2.05) is 18.2 Å². The Morgan fingerprint density at radius 3 is 2.70 bits per heavy atom. The summed E-state index contributed by atoms with van der Waals surface area (Å²) in [6.45, 7) is 1.69. The van der Waals surface area contributed by atoms with Crippen LogP contribution in [0.1, 0.15) is 5.56 Å². The number of hydrogen-bond acceptors (Lipinski definition) is 7. The van der Waals surface area contributed by atoms with Crippen molar-refractivity contribution >= 4 is 33.2 Å². The highest BCUT2D eigenvalue weighted by atomic mass is 35.5. The maximum absolute atomic E-state index is 12.7. The molecule has 0 saturated heterocycles. The van der Waals surface area contributed by atoms with Gasteiger partial charge >= 0.3 is 0 Å². The molecule has 0 spiro atoms. The van der Waals surface area contributed by atoms with Crippen molar-refractivity contribution in [2.45, 2.75) is 11.3 Å². The van der Waals surface area contributed by atoms with Crippen molar-refractivity contribution in [3.8, 4) is 17.4 Å². The Morgan fingerprint density at radius 1 is 1.00 bits per heavy atom. The fourth-order valence-electron chi connectivity index (χ4n) is 3.20. The zero-order chi connectivity index (χ0) is 20.3. The van der Waals surface area contributed by atoms with Crippen molar-refractivity contribution in [2.24, 2.45) is 0 Å². The molecule has 1 aromatic heterocycles. The predicted molar refractivity (Wildman–Crippen MR) is 115 cm³/mol. The highest BCUT2D eigenvalue weighted by Crippen LogP contribution is 2.32. The van der Waals surface area contributed by atoms with Crippen molar-refractivity contribution in [3.05, 3.63) is 54.2 Å². The van der Waals surface area contributed by atoms with Crippen LogP contribution in [0, 0.1) is 0 Å². The number of sulfonamides is 1. The second kappa shape index (κ2) is 9.48. The summed E-state index contributed by atoms with van der Waals surface area (Å²) in [5, 5.41) is 13.9. The number of ether oxygens (including phenoxy) is 2. The minimum Gasteiger partial charge on any atom is -0.493 e. The Bertz CT molecular complexity index is 1140. The minimum absolute atomic E-state index is 0. The lowest BCUT2D eigenvalue weighted by Gasteiger charge is -2.10. The molecule has 0 atom stereocenters. The van der Waals surface area contributed by atoms with Crippen molar-refractivity contribution < 1.29 is 23.0 Å². The molecule has 8 nitrogen and oxygen atoms in total. The number of rotatable bonds is 8. The maximum atomic E-state index is 12.7. The van der Waals surface area contributed by atoms with Crippen LogP contribution in [-0.2, 0) is 16.4 Å². The molecular formula is C20H22ClN3O5S. The van der Waals surface area contributed by atoms with Gasteiger partial charge in [-0.3, -0.25) is 0 Å². The van der Waals surface area contributed by atoms with Crippen LogP contribution in [0.2, 0.25) is 0 Å². The summed E-state index contributed by atoms with van der Waals surface area (Å²) in [6, 6.07) is 12.1. The second-order valence-corrected chi connectivity index (χ2v) is 8.31. The van der Waals surface area contributed by atoms with E-state index in [4.69, 9.17) is 9.47 Å². The zero-order valence-electron chi connectivity index (χ0n) is 16.0. The van der Waals surface area contributed by atoms with Gasteiger partial charge in [-0.05, 0) is 48.9 Å². The summed E-state index contributed by atoms with van der Waals surface area (Å²) in [5.41, 5.74) is 1.12. The molecule has 2 heterocycles. The summed E-state index contributed by atoms with van der Waals surface area (Å²) in [4.78, 5) is 3.90. The van der Waals surface area contributed by atoms with Crippen LogP contribution in [0.3, 0.4) is 0 Å². The number of aromatic hydroxyl groups is 1. The van der Waals surface area contributed by atoms with Crippen LogP contribution in [0.4, 0.5) is 0 Å². The molecule has 0 unspecified atom stereocenters. The number of aromatic nitrogens is 1. The van der Waals surface area contributed by atoms with Gasteiger partial charge < -0.3 is 19.9 Å². The molecule has 0 saturated carbocycles. The summed E-state index contributed by atoms with van der Waals surface area (Å²) in [6.07, 6.45) is 2.17. The van der Waals surface area contributed by atoms with Gasteiger partial charge in [0.05, 0.1) is 4.90 Å². The average molecular weight is 452 g/mol. The predicted octanol–water partition coefficient (Wildman–Crippen LogP) is 2.20. The Balaban J connectivity index is 0.00000256. The van der Waals surface area contributed by atoms with Crippen molar-refractivity contribution in [1.82, 2.24) is 15.0 Å². The van der Waals surface area contributed by atoms with E-state index in [2.05, 4.69) is 15.0 Å². The zero-order valence-corrected chi connectivity index (χ0v) is 17.6. The van der Waals surface area contributed by atoms with Gasteiger partial charge in [0, 0.05) is 30.1 Å². The first-order valence-electron chi connectivity index (χ1n) is 9.20. The number of pyridine rings is 1. The third kappa shape index (κ3) is 4.76. The van der Waals surface area contributed by atoms with Gasteiger partial charge in [-0.15, -0.1) is 12.4 Å². The first-order chi connectivity index (χ1) is 14.0. The molecule has 0 amide bonds. The summed E-state index contributed by atoms with van der Waals surface area (Å²) >= 11 is 0. The molecule has 0 fully saturated rings. The highest BCUT2D eigenvalue weighted by molar-refractivity contribution is 7.89. The number of fused-ring (bicyclic) bond motifs is 2. The van der Waals surface area contributed by atoms with Gasteiger partial charge in [-0.1, -0.05) is 12.1 Å². The smallest absolute Gasteiger partial charge is 0.241 e. The van der Waals surface area contributed by atoms with E-state index in [-0.39, 0.29) is 36.5 Å². The number of hydrogen-bond donors (Lipinski definition) is 3. The quantitative estimate of drug-likeness (QED) is 0.450. The Kier molecular flexibility index (Phi) is 6.99. The lowest BCUT2D eigenvalue weighted by Crippen LogP contribution is -2.32. The molecule has 2 aromatic carbocycles. The average Bonchev–Trinajstić information content (AvgIpc) is 3.18. The number of benzene rings is 2. The topological polar surface area (TPSA) is 110 Å². The number of nitrogens with zero attached hydrogens (tertiary/aromatic N) is 1. The molecule has 1 aliphatic rings. The lowest BCUT2D eigenvalue weighted by atomic mass is 10.1. The van der Waals surface area contributed by atoms with Gasteiger partial charge in [0.15, 0.2) is 11.5 Å². The molecule has 1 aliphatic heterocycles. The standard InChI is InChI=1S/C20H21N3O5S.ClH/c24-20-16-2-1-3-19(15(16)7-9-22-20)29(25,26)23-11-10-21-8-6-14-4-5-17-18(12-14)28-13-27-17;/h1-5,7,9,12,21,23H,6,8,10-11,13H2,(H,22,24);1H. The largest absolute Gasteiger partial charge is 0.493 e. The molecule has 3 aromatic rings. The first-order valence-corrected chi connectivity index (χ1v) is 10.7. The van der Waals surface area contributed by atoms with Gasteiger partial charge in [0.1, 0.15) is 0 Å². The Hall–Kier alpha value is -2.59. The monoisotopic (exact) mass is 451 g/mol. The van der Waals surface area contributed by atoms with E-state index in [0.29, 0.717) is 23.9 Å². The molecule has 10 heteroatoms. The molecular weight excluding hydrogens is 430 g/mol. The fraction of sp³-hybridized carbons (Fsp3) is 0.250. The maximum Gasteiger partial charge on any atom is 0.241 e. The normalized spacial score (nSPS) is 12.7. The lowest BCUT2D eigenvalue weighted by molar-refractivity contribution is 0.174. The SMILES string of the molecule is Cl.O=S(=O)(NCCNCCc1ccc2c(c1)OCO2)c1cccc2c(O)nccc12. The van der Waals surface area contributed by atoms with Gasteiger partial charge in [-0.2, -0.15) is 0 Å². The van der Waals surface area contributed by atoms with Crippen LogP contribution in [-0.4, -0.2) is 44.9 Å². The van der Waals surface area contributed by atoms with Crippen molar-refractivity contribution in [1.29, 1.82) is 0 Å². The first kappa shape index (κ1) is 22.1. The summed E-state index contributed by atoms with van der Waals surface area (Å²) in [5.74, 6) is 1.32. The molecule has 4 rings (SSSR count). The van der Waals surface area contributed by atoms with Crippen LogP contribution in [0.15, 0.2) is 53.6 Å². The van der Waals surface area contributed by atoms with Crippen LogP contribution in [0.25, 0.3) is 10.8 Å². The van der Waals surface area contributed by atoms with Crippen molar-refractivity contribution in [3.63, 3.8) is 0 Å². The molecule has 160 valence electrons. The van der Waals surface area contributed by atoms with E-state index >= 15 is 0 Å². The molecule has 30 heavy (non-hydrogen) atoms. The highest BCUT2D eigenvalue weighted by Gasteiger charge is 2.18. The fourth-order valence-corrected chi connectivity index (χ4v) is 4.45. The van der Waals surface area contributed by atoms with E-state index in [0.717, 1.165) is 23.5 Å². The third-order valence-electron chi connectivity index (χ3n) is 4.66. The van der Waals surface area contributed by atoms with Gasteiger partial charge in [-0.25, -0.2) is 18.1 Å². The Morgan fingerprint density at radius 2 is 1.83 bits per heavy atom. The Labute approximate surface area is 180 Å². The molecule has 0 aliphatic carbocycles. The van der Waals surface area contributed by atoms with E-state index < -0.39 is 10.0 Å².